The molecule has 0 N–H and O–H groups in total. The first-order valence-electron chi connectivity index (χ1n) is 8.33. The van der Waals surface area contributed by atoms with Crippen molar-refractivity contribution < 1.29 is 18.7 Å². The fourth-order valence-corrected chi connectivity index (χ4v) is 2.82. The van der Waals surface area contributed by atoms with Gasteiger partial charge in [-0.1, -0.05) is 34.8 Å². The zero-order chi connectivity index (χ0) is 19.9. The Morgan fingerprint density at radius 2 is 1.75 bits per heavy atom. The van der Waals surface area contributed by atoms with Crippen LogP contribution < -0.4 is 4.74 Å². The Hall–Kier alpha value is -2.28. The second-order valence-corrected chi connectivity index (χ2v) is 6.98. The molecule has 0 radical (unpaired) electrons. The molecule has 0 aliphatic heterocycles. The minimum atomic E-state index is -0.392. The third-order valence-corrected chi connectivity index (χ3v) is 4.37. The Bertz CT molecular complexity index is 945. The Morgan fingerprint density at radius 3 is 2.50 bits per heavy atom. The van der Waals surface area contributed by atoms with E-state index in [1.807, 2.05) is 0 Å². The molecule has 0 saturated heterocycles. The summed E-state index contributed by atoms with van der Waals surface area (Å²) in [5.41, 5.74) is 0.729. The molecule has 6 nitrogen and oxygen atoms in total. The summed E-state index contributed by atoms with van der Waals surface area (Å²) < 4.78 is 16.1. The van der Waals surface area contributed by atoms with Gasteiger partial charge in [0.05, 0.1) is 11.6 Å². The van der Waals surface area contributed by atoms with Crippen molar-refractivity contribution in [1.82, 2.24) is 10.2 Å². The fraction of sp³-hybridized carbons (Fsp3) is 0.211. The topological polar surface area (TPSA) is 74.5 Å². The van der Waals surface area contributed by atoms with E-state index in [2.05, 4.69) is 10.2 Å². The van der Waals surface area contributed by atoms with Gasteiger partial charge < -0.3 is 13.9 Å². The third-order valence-electron chi connectivity index (χ3n) is 3.59. The molecule has 0 saturated carbocycles. The molecule has 28 heavy (non-hydrogen) atoms. The monoisotopic (exact) mass is 440 g/mol. The lowest BCUT2D eigenvalue weighted by atomic mass is 10.2. The van der Waals surface area contributed by atoms with Crippen molar-refractivity contribution in [2.45, 2.75) is 19.4 Å². The van der Waals surface area contributed by atoms with Crippen LogP contribution in [0.15, 0.2) is 46.9 Å². The van der Waals surface area contributed by atoms with E-state index in [1.54, 1.807) is 42.5 Å². The van der Waals surface area contributed by atoms with Crippen molar-refractivity contribution in [2.24, 2.45) is 0 Å². The summed E-state index contributed by atoms with van der Waals surface area (Å²) in [7, 11) is 0. The molecule has 3 rings (SSSR count). The number of hydrogen-bond donors (Lipinski definition) is 0. The molecule has 9 heteroatoms. The Kier molecular flexibility index (Phi) is 7.14. The molecule has 0 aliphatic carbocycles. The lowest BCUT2D eigenvalue weighted by Crippen LogP contribution is -2.07. The summed E-state index contributed by atoms with van der Waals surface area (Å²) in [6.07, 6.45) is 0.654. The quantitative estimate of drug-likeness (QED) is 0.335. The largest absolute Gasteiger partial charge is 0.492 e. The van der Waals surface area contributed by atoms with E-state index in [9.17, 15) is 4.79 Å². The zero-order valence-corrected chi connectivity index (χ0v) is 16.8. The van der Waals surface area contributed by atoms with E-state index in [4.69, 9.17) is 48.7 Å². The number of aromatic nitrogens is 2. The van der Waals surface area contributed by atoms with Crippen LogP contribution in [0, 0.1) is 0 Å². The standard InChI is InChI=1S/C19H15Cl3N2O4/c20-13-5-3-12(4-6-13)19-24-23-17(28-19)11-27-18(25)2-1-9-26-16-8-7-14(21)10-15(16)22/h3-8,10H,1-2,9,11H2. The maximum Gasteiger partial charge on any atom is 0.306 e. The number of hydrogen-bond acceptors (Lipinski definition) is 6. The van der Waals surface area contributed by atoms with Gasteiger partial charge in [0.1, 0.15) is 5.75 Å². The van der Waals surface area contributed by atoms with Crippen LogP contribution >= 0.6 is 34.8 Å². The fourth-order valence-electron chi connectivity index (χ4n) is 2.23. The van der Waals surface area contributed by atoms with E-state index < -0.39 is 5.97 Å². The van der Waals surface area contributed by atoms with Gasteiger partial charge in [-0.2, -0.15) is 0 Å². The molecule has 0 fully saturated rings. The van der Waals surface area contributed by atoms with Crippen LogP contribution in [0.3, 0.4) is 0 Å². The second kappa shape index (κ2) is 9.78. The normalized spacial score (nSPS) is 10.7. The van der Waals surface area contributed by atoms with E-state index >= 15 is 0 Å². The van der Waals surface area contributed by atoms with E-state index in [0.717, 1.165) is 5.56 Å². The van der Waals surface area contributed by atoms with Gasteiger partial charge in [0.25, 0.3) is 5.89 Å². The van der Waals surface area contributed by atoms with Crippen molar-refractivity contribution >= 4 is 40.8 Å². The maximum atomic E-state index is 11.8. The van der Waals surface area contributed by atoms with Crippen LogP contribution in [-0.4, -0.2) is 22.8 Å². The van der Waals surface area contributed by atoms with Crippen molar-refractivity contribution in [1.29, 1.82) is 0 Å². The molecule has 2 aromatic carbocycles. The van der Waals surface area contributed by atoms with Gasteiger partial charge in [-0.3, -0.25) is 4.79 Å². The van der Waals surface area contributed by atoms with Gasteiger partial charge in [0.2, 0.25) is 5.89 Å². The molecule has 3 aromatic rings. The molecular formula is C19H15Cl3N2O4. The third kappa shape index (κ3) is 5.86. The average molecular weight is 442 g/mol. The first-order valence-corrected chi connectivity index (χ1v) is 9.46. The predicted octanol–water partition coefficient (Wildman–Crippen LogP) is 5.60. The molecule has 0 aliphatic rings. The van der Waals surface area contributed by atoms with Crippen LogP contribution in [0.2, 0.25) is 15.1 Å². The Labute approximate surface area is 176 Å². The van der Waals surface area contributed by atoms with Gasteiger partial charge >= 0.3 is 5.97 Å². The van der Waals surface area contributed by atoms with E-state index in [1.165, 1.54) is 0 Å². The summed E-state index contributed by atoms with van der Waals surface area (Å²) in [5.74, 6) is 0.663. The molecule has 0 atom stereocenters. The van der Waals surface area contributed by atoms with Crippen LogP contribution in [0.4, 0.5) is 0 Å². The van der Waals surface area contributed by atoms with Gasteiger partial charge in [-0.25, -0.2) is 0 Å². The first-order chi connectivity index (χ1) is 13.5. The molecule has 0 unspecified atom stereocenters. The van der Waals surface area contributed by atoms with Crippen LogP contribution in [0.5, 0.6) is 5.75 Å². The number of rotatable bonds is 8. The van der Waals surface area contributed by atoms with Gasteiger partial charge in [-0.15, -0.1) is 10.2 Å². The van der Waals surface area contributed by atoms with Crippen molar-refractivity contribution in [3.8, 4) is 17.2 Å². The highest BCUT2D eigenvalue weighted by Gasteiger charge is 2.11. The summed E-state index contributed by atoms with van der Waals surface area (Å²) >= 11 is 17.7. The van der Waals surface area contributed by atoms with Crippen molar-refractivity contribution in [3.05, 3.63) is 63.4 Å². The zero-order valence-electron chi connectivity index (χ0n) is 14.5. The van der Waals surface area contributed by atoms with Crippen LogP contribution in [0.25, 0.3) is 11.5 Å². The summed E-state index contributed by atoms with van der Waals surface area (Å²) in [4.78, 5) is 11.8. The Morgan fingerprint density at radius 1 is 1.00 bits per heavy atom. The SMILES string of the molecule is O=C(CCCOc1ccc(Cl)cc1Cl)OCc1nnc(-c2ccc(Cl)cc2)o1. The summed E-state index contributed by atoms with van der Waals surface area (Å²) in [5, 5.41) is 9.35. The number of halogens is 3. The molecule has 0 bridgehead atoms. The number of carbonyl (C=O) groups excluding carboxylic acids is 1. The van der Waals surface area contributed by atoms with E-state index in [-0.39, 0.29) is 18.9 Å². The molecule has 1 heterocycles. The smallest absolute Gasteiger partial charge is 0.306 e. The number of carbonyl (C=O) groups is 1. The van der Waals surface area contributed by atoms with Gasteiger partial charge in [0.15, 0.2) is 6.61 Å². The molecule has 1 aromatic heterocycles. The second-order valence-electron chi connectivity index (χ2n) is 5.70. The lowest BCUT2D eigenvalue weighted by Gasteiger charge is -2.08. The molecular weight excluding hydrogens is 427 g/mol. The Balaban J connectivity index is 1.39. The van der Waals surface area contributed by atoms with Crippen molar-refractivity contribution in [3.63, 3.8) is 0 Å². The number of nitrogens with zero attached hydrogens (tertiary/aromatic N) is 2. The maximum absolute atomic E-state index is 11.8. The van der Waals surface area contributed by atoms with E-state index in [0.29, 0.717) is 39.7 Å². The number of ether oxygens (including phenoxy) is 2. The highest BCUT2D eigenvalue weighted by atomic mass is 35.5. The predicted molar refractivity (Wildman–Crippen MR) is 106 cm³/mol. The van der Waals surface area contributed by atoms with Crippen LogP contribution in [0.1, 0.15) is 18.7 Å². The molecule has 0 amide bonds. The number of benzene rings is 2. The summed E-state index contributed by atoms with van der Waals surface area (Å²) in [6.45, 7) is 0.223. The summed E-state index contributed by atoms with van der Waals surface area (Å²) in [6, 6.07) is 11.9. The molecule has 146 valence electrons. The first kappa shape index (κ1) is 20.5. The lowest BCUT2D eigenvalue weighted by molar-refractivity contribution is -0.145. The minimum Gasteiger partial charge on any atom is -0.492 e. The number of esters is 1. The molecule has 0 spiro atoms. The van der Waals surface area contributed by atoms with Crippen molar-refractivity contribution in [2.75, 3.05) is 6.61 Å². The highest BCUT2D eigenvalue weighted by Crippen LogP contribution is 2.27. The van der Waals surface area contributed by atoms with Crippen LogP contribution in [-0.2, 0) is 16.1 Å². The van der Waals surface area contributed by atoms with Gasteiger partial charge in [0, 0.05) is 22.0 Å². The van der Waals surface area contributed by atoms with Gasteiger partial charge in [-0.05, 0) is 48.9 Å². The highest BCUT2D eigenvalue weighted by molar-refractivity contribution is 6.35. The minimum absolute atomic E-state index is 0.0940. The average Bonchev–Trinajstić information content (AvgIpc) is 3.14.